The number of aromatic nitrogens is 1. The summed E-state index contributed by atoms with van der Waals surface area (Å²) >= 11 is 0. The van der Waals surface area contributed by atoms with Crippen molar-refractivity contribution in [3.05, 3.63) is 60.2 Å². The zero-order chi connectivity index (χ0) is 15.9. The lowest BCUT2D eigenvalue weighted by Gasteiger charge is -2.05. The molecule has 0 unspecified atom stereocenters. The Hall–Kier alpha value is -3.09. The minimum absolute atomic E-state index is 0.0618. The molecule has 2 rings (SSSR count). The summed E-state index contributed by atoms with van der Waals surface area (Å²) in [7, 11) is 0. The second-order valence-corrected chi connectivity index (χ2v) is 4.34. The van der Waals surface area contributed by atoms with E-state index in [1.807, 2.05) is 0 Å². The van der Waals surface area contributed by atoms with Gasteiger partial charge >= 0.3 is 0 Å². The first-order valence-electron chi connectivity index (χ1n) is 6.38. The van der Waals surface area contributed by atoms with Crippen LogP contribution in [-0.4, -0.2) is 22.5 Å². The zero-order valence-corrected chi connectivity index (χ0v) is 11.7. The quantitative estimate of drug-likeness (QED) is 0.669. The van der Waals surface area contributed by atoms with Crippen molar-refractivity contribution in [3.8, 4) is 0 Å². The Bertz CT molecular complexity index is 699. The first kappa shape index (κ1) is 15.3. The molecule has 0 saturated carbocycles. The maximum atomic E-state index is 12.8. The van der Waals surface area contributed by atoms with Gasteiger partial charge in [-0.2, -0.15) is 5.10 Å². The summed E-state index contributed by atoms with van der Waals surface area (Å²) in [6.45, 7) is 1.45. The van der Waals surface area contributed by atoms with Crippen molar-refractivity contribution >= 4 is 23.2 Å². The minimum Gasteiger partial charge on any atom is -0.321 e. The molecular weight excluding hydrogens is 287 g/mol. The van der Waals surface area contributed by atoms with Gasteiger partial charge < -0.3 is 5.32 Å². The number of amides is 2. The van der Waals surface area contributed by atoms with E-state index in [1.54, 1.807) is 0 Å². The number of hydrogen-bond acceptors (Lipinski definition) is 4. The highest BCUT2D eigenvalue weighted by Gasteiger charge is 2.08. The molecule has 0 aliphatic carbocycles. The molecule has 1 aromatic heterocycles. The molecule has 7 heteroatoms. The summed E-state index contributed by atoms with van der Waals surface area (Å²) in [5.41, 5.74) is 3.15. The van der Waals surface area contributed by atoms with Crippen LogP contribution >= 0.6 is 0 Å². The third-order valence-corrected chi connectivity index (χ3v) is 2.70. The van der Waals surface area contributed by atoms with Crippen LogP contribution in [0.4, 0.5) is 10.1 Å². The van der Waals surface area contributed by atoms with E-state index in [1.165, 1.54) is 55.7 Å². The maximum absolute atomic E-state index is 12.8. The van der Waals surface area contributed by atoms with Gasteiger partial charge in [-0.05, 0) is 43.3 Å². The van der Waals surface area contributed by atoms with Crippen molar-refractivity contribution in [1.29, 1.82) is 0 Å². The van der Waals surface area contributed by atoms with E-state index in [2.05, 4.69) is 20.8 Å². The summed E-state index contributed by atoms with van der Waals surface area (Å²) in [6.07, 6.45) is 2.96. The summed E-state index contributed by atoms with van der Waals surface area (Å²) in [5, 5.41) is 6.26. The minimum atomic E-state index is -0.498. The molecule has 0 radical (unpaired) electrons. The number of anilines is 1. The Morgan fingerprint density at radius 1 is 1.09 bits per heavy atom. The summed E-state index contributed by atoms with van der Waals surface area (Å²) < 4.78 is 12.8. The molecule has 0 fully saturated rings. The highest BCUT2D eigenvalue weighted by molar-refractivity contribution is 6.42. The molecule has 0 atom stereocenters. The van der Waals surface area contributed by atoms with Crippen molar-refractivity contribution in [3.63, 3.8) is 0 Å². The average molecular weight is 300 g/mol. The normalized spacial score (nSPS) is 10.9. The van der Waals surface area contributed by atoms with Crippen LogP contribution in [0.5, 0.6) is 0 Å². The first-order valence-corrected chi connectivity index (χ1v) is 6.38. The summed E-state index contributed by atoms with van der Waals surface area (Å²) in [5.74, 6) is -1.34. The molecule has 0 spiro atoms. The summed E-state index contributed by atoms with van der Waals surface area (Å²) in [4.78, 5) is 27.4. The number of hydrazone groups is 1. The average Bonchev–Trinajstić information content (AvgIpc) is 2.55. The number of benzene rings is 1. The SMILES string of the molecule is C/C(=N\NC(=O)c1ccncc1)C(=O)Nc1ccc(F)cc1. The molecule has 22 heavy (non-hydrogen) atoms. The highest BCUT2D eigenvalue weighted by Crippen LogP contribution is 2.08. The predicted molar refractivity (Wildman–Crippen MR) is 79.8 cm³/mol. The number of carbonyl (C=O) groups excluding carboxylic acids is 2. The van der Waals surface area contributed by atoms with Gasteiger partial charge in [0, 0.05) is 23.6 Å². The van der Waals surface area contributed by atoms with Gasteiger partial charge in [-0.15, -0.1) is 0 Å². The number of nitrogens with one attached hydrogen (secondary N) is 2. The molecule has 112 valence electrons. The van der Waals surface area contributed by atoms with Gasteiger partial charge in [0.1, 0.15) is 11.5 Å². The molecular formula is C15H13FN4O2. The lowest BCUT2D eigenvalue weighted by molar-refractivity contribution is -0.110. The van der Waals surface area contributed by atoms with Crippen LogP contribution in [-0.2, 0) is 4.79 Å². The van der Waals surface area contributed by atoms with Crippen LogP contribution in [0.2, 0.25) is 0 Å². The molecule has 0 aliphatic rings. The van der Waals surface area contributed by atoms with Gasteiger partial charge in [0.2, 0.25) is 0 Å². The molecule has 1 aromatic carbocycles. The largest absolute Gasteiger partial charge is 0.321 e. The van der Waals surface area contributed by atoms with Crippen molar-refractivity contribution in [1.82, 2.24) is 10.4 Å². The molecule has 0 aliphatic heterocycles. The zero-order valence-electron chi connectivity index (χ0n) is 11.7. The second-order valence-electron chi connectivity index (χ2n) is 4.34. The van der Waals surface area contributed by atoms with E-state index in [4.69, 9.17) is 0 Å². The Labute approximate surface area is 126 Å². The van der Waals surface area contributed by atoms with Crippen LogP contribution in [0.25, 0.3) is 0 Å². The summed E-state index contributed by atoms with van der Waals surface area (Å²) in [6, 6.07) is 8.37. The topological polar surface area (TPSA) is 83.5 Å². The van der Waals surface area contributed by atoms with Gasteiger partial charge in [0.05, 0.1) is 0 Å². The van der Waals surface area contributed by atoms with E-state index < -0.39 is 17.6 Å². The Morgan fingerprint density at radius 2 is 1.73 bits per heavy atom. The maximum Gasteiger partial charge on any atom is 0.271 e. The predicted octanol–water partition coefficient (Wildman–Crippen LogP) is 1.97. The van der Waals surface area contributed by atoms with Gasteiger partial charge in [0.15, 0.2) is 0 Å². The fourth-order valence-electron chi connectivity index (χ4n) is 1.51. The number of pyridine rings is 1. The first-order chi connectivity index (χ1) is 10.6. The van der Waals surface area contributed by atoms with E-state index in [9.17, 15) is 14.0 Å². The van der Waals surface area contributed by atoms with Crippen LogP contribution < -0.4 is 10.7 Å². The molecule has 6 nitrogen and oxygen atoms in total. The molecule has 0 bridgehead atoms. The number of hydrogen-bond donors (Lipinski definition) is 2. The smallest absolute Gasteiger partial charge is 0.271 e. The number of carbonyl (C=O) groups is 2. The van der Waals surface area contributed by atoms with E-state index in [-0.39, 0.29) is 5.71 Å². The third kappa shape index (κ3) is 4.20. The van der Waals surface area contributed by atoms with Crippen LogP contribution in [0.15, 0.2) is 53.9 Å². The molecule has 0 saturated heterocycles. The van der Waals surface area contributed by atoms with Crippen LogP contribution in [0, 0.1) is 5.82 Å². The third-order valence-electron chi connectivity index (χ3n) is 2.70. The molecule has 2 N–H and O–H groups in total. The van der Waals surface area contributed by atoms with Gasteiger partial charge in [-0.3, -0.25) is 14.6 Å². The number of halogens is 1. The number of rotatable bonds is 4. The molecule has 1 heterocycles. The van der Waals surface area contributed by atoms with Crippen molar-refractivity contribution in [2.75, 3.05) is 5.32 Å². The fourth-order valence-corrected chi connectivity index (χ4v) is 1.51. The van der Waals surface area contributed by atoms with E-state index in [0.29, 0.717) is 11.3 Å². The lowest BCUT2D eigenvalue weighted by atomic mass is 10.2. The van der Waals surface area contributed by atoms with Crippen molar-refractivity contribution < 1.29 is 14.0 Å². The van der Waals surface area contributed by atoms with E-state index in [0.717, 1.165) is 0 Å². The Morgan fingerprint density at radius 3 is 2.36 bits per heavy atom. The second kappa shape index (κ2) is 7.07. The highest BCUT2D eigenvalue weighted by atomic mass is 19.1. The number of nitrogens with zero attached hydrogens (tertiary/aromatic N) is 2. The van der Waals surface area contributed by atoms with Crippen LogP contribution in [0.3, 0.4) is 0 Å². The molecule has 2 amide bonds. The van der Waals surface area contributed by atoms with E-state index >= 15 is 0 Å². The van der Waals surface area contributed by atoms with Crippen LogP contribution in [0.1, 0.15) is 17.3 Å². The van der Waals surface area contributed by atoms with Crippen molar-refractivity contribution in [2.24, 2.45) is 5.10 Å². The Balaban J connectivity index is 1.95. The fraction of sp³-hybridized carbons (Fsp3) is 0.0667. The lowest BCUT2D eigenvalue weighted by Crippen LogP contribution is -2.25. The van der Waals surface area contributed by atoms with Gasteiger partial charge in [-0.1, -0.05) is 0 Å². The van der Waals surface area contributed by atoms with Gasteiger partial charge in [0.25, 0.3) is 11.8 Å². The van der Waals surface area contributed by atoms with Crippen molar-refractivity contribution in [2.45, 2.75) is 6.92 Å². The standard InChI is InChI=1S/C15H13FN4O2/c1-10(14(21)18-13-4-2-12(16)3-5-13)19-20-15(22)11-6-8-17-9-7-11/h2-9H,1H3,(H,18,21)(H,20,22)/b19-10+. The Kier molecular flexibility index (Phi) is 4.92. The monoisotopic (exact) mass is 300 g/mol. The molecule has 2 aromatic rings. The van der Waals surface area contributed by atoms with Gasteiger partial charge in [-0.25, -0.2) is 9.82 Å².